The minimum Gasteiger partial charge on any atom is -0.481 e. The van der Waals surface area contributed by atoms with Gasteiger partial charge in [-0.1, -0.05) is 0 Å². The van der Waals surface area contributed by atoms with E-state index in [1.807, 2.05) is 0 Å². The molecule has 4 heteroatoms. The van der Waals surface area contributed by atoms with Crippen molar-refractivity contribution in [3.63, 3.8) is 0 Å². The van der Waals surface area contributed by atoms with Crippen molar-refractivity contribution in [3.05, 3.63) is 0 Å². The zero-order valence-corrected chi connectivity index (χ0v) is 5.73. The Morgan fingerprint density at radius 3 is 2.11 bits per heavy atom. The molecule has 1 saturated carbocycles. The predicted molar refractivity (Wildman–Crippen MR) is 35.6 cm³/mol. The molecule has 0 saturated heterocycles. The van der Waals surface area contributed by atoms with Gasteiger partial charge in [-0.15, -0.1) is 12.4 Å². The molecule has 3 nitrogen and oxygen atoms in total. The van der Waals surface area contributed by atoms with E-state index in [1.165, 1.54) is 0 Å². The van der Waals surface area contributed by atoms with Crippen molar-refractivity contribution in [1.29, 1.82) is 0 Å². The molecule has 0 aliphatic heterocycles. The number of aliphatic carboxylic acids is 1. The van der Waals surface area contributed by atoms with E-state index in [0.29, 0.717) is 0 Å². The first kappa shape index (κ1) is 8.72. The van der Waals surface area contributed by atoms with Crippen molar-refractivity contribution >= 4 is 18.4 Å². The number of carbonyl (C=O) groups is 1. The Morgan fingerprint density at radius 1 is 1.56 bits per heavy atom. The maximum absolute atomic E-state index is 10.1. The van der Waals surface area contributed by atoms with Crippen LogP contribution in [0.2, 0.25) is 0 Å². The Morgan fingerprint density at radius 2 is 2.11 bits per heavy atom. The highest BCUT2D eigenvalue weighted by molar-refractivity contribution is 5.85. The molecule has 0 aromatic rings. The summed E-state index contributed by atoms with van der Waals surface area (Å²) in [4.78, 5) is 10.1. The Labute approximate surface area is 59.6 Å². The summed E-state index contributed by atoms with van der Waals surface area (Å²) in [7, 11) is 0. The van der Waals surface area contributed by atoms with E-state index in [1.54, 1.807) is 0 Å². The highest BCUT2D eigenvalue weighted by Crippen LogP contribution is 2.24. The zero-order valence-electron chi connectivity index (χ0n) is 4.91. The van der Waals surface area contributed by atoms with Crippen molar-refractivity contribution in [1.82, 2.24) is 0 Å². The van der Waals surface area contributed by atoms with Gasteiger partial charge in [0.15, 0.2) is 0 Å². The number of hydrogen-bond acceptors (Lipinski definition) is 2. The molecule has 2 atom stereocenters. The second-order valence-electron chi connectivity index (χ2n) is 2.19. The first-order chi connectivity index (χ1) is 3.72. The summed E-state index contributed by atoms with van der Waals surface area (Å²) in [6.07, 6.45) is 1.63. The number of carboxylic acid groups (broad SMARTS) is 1. The quantitative estimate of drug-likeness (QED) is 0.564. The minimum absolute atomic E-state index is 0. The fraction of sp³-hybridized carbons (Fsp3) is 0.800. The Bertz CT molecular complexity index is 118. The second kappa shape index (κ2) is 3.03. The average molecular weight is 152 g/mol. The lowest BCUT2D eigenvalue weighted by Gasteiger charge is -2.29. The van der Waals surface area contributed by atoms with Crippen molar-refractivity contribution in [3.8, 4) is 0 Å². The molecule has 0 aromatic heterocycles. The molecule has 1 fully saturated rings. The highest BCUT2D eigenvalue weighted by Gasteiger charge is 2.33. The van der Waals surface area contributed by atoms with Crippen molar-refractivity contribution in [2.45, 2.75) is 18.9 Å². The van der Waals surface area contributed by atoms with Crippen LogP contribution < -0.4 is 5.73 Å². The molecular formula is C5H10ClNO2. The molecule has 0 bridgehead atoms. The van der Waals surface area contributed by atoms with Crippen molar-refractivity contribution < 1.29 is 9.90 Å². The van der Waals surface area contributed by atoms with Gasteiger partial charge in [0.05, 0.1) is 5.92 Å². The van der Waals surface area contributed by atoms with Gasteiger partial charge in [0.1, 0.15) is 0 Å². The summed E-state index contributed by atoms with van der Waals surface area (Å²) in [6.45, 7) is 0. The summed E-state index contributed by atoms with van der Waals surface area (Å²) in [6, 6.07) is -0.0764. The van der Waals surface area contributed by atoms with E-state index in [2.05, 4.69) is 0 Å². The van der Waals surface area contributed by atoms with Crippen LogP contribution in [0.25, 0.3) is 0 Å². The SMILES string of the molecule is Cl.N[C@H]1CC[C@H]1C(=O)O. The van der Waals surface area contributed by atoms with Crippen molar-refractivity contribution in [2.24, 2.45) is 11.7 Å². The van der Waals surface area contributed by atoms with E-state index >= 15 is 0 Å². The zero-order chi connectivity index (χ0) is 6.15. The minimum atomic E-state index is -0.747. The lowest BCUT2D eigenvalue weighted by molar-refractivity contribution is -0.145. The van der Waals surface area contributed by atoms with Crippen LogP contribution in [0.4, 0.5) is 0 Å². The molecule has 1 rings (SSSR count). The number of hydrogen-bond donors (Lipinski definition) is 2. The number of nitrogens with two attached hydrogens (primary N) is 1. The van der Waals surface area contributed by atoms with Crippen molar-refractivity contribution in [2.75, 3.05) is 0 Å². The molecule has 1 aliphatic rings. The number of halogens is 1. The van der Waals surface area contributed by atoms with Gasteiger partial charge in [-0.25, -0.2) is 0 Å². The number of rotatable bonds is 1. The van der Waals surface area contributed by atoms with Crippen LogP contribution in [-0.2, 0) is 4.79 Å². The lowest BCUT2D eigenvalue weighted by Crippen LogP contribution is -2.43. The van der Waals surface area contributed by atoms with Crippen LogP contribution in [0, 0.1) is 5.92 Å². The molecule has 9 heavy (non-hydrogen) atoms. The summed E-state index contributed by atoms with van der Waals surface area (Å²) in [5.41, 5.74) is 5.34. The molecular weight excluding hydrogens is 142 g/mol. The third-order valence-corrected chi connectivity index (χ3v) is 1.65. The Kier molecular flexibility index (Phi) is 2.94. The normalized spacial score (nSPS) is 32.1. The molecule has 54 valence electrons. The van der Waals surface area contributed by atoms with Crippen LogP contribution in [0.5, 0.6) is 0 Å². The third kappa shape index (κ3) is 1.56. The van der Waals surface area contributed by atoms with Gasteiger partial charge in [-0.3, -0.25) is 4.79 Å². The topological polar surface area (TPSA) is 63.3 Å². The van der Waals surface area contributed by atoms with E-state index in [-0.39, 0.29) is 24.4 Å². The summed E-state index contributed by atoms with van der Waals surface area (Å²) >= 11 is 0. The molecule has 0 spiro atoms. The Hall–Kier alpha value is -0.280. The first-order valence-electron chi connectivity index (χ1n) is 2.70. The molecule has 1 aliphatic carbocycles. The molecule has 0 heterocycles. The van der Waals surface area contributed by atoms with Gasteiger partial charge in [-0.05, 0) is 12.8 Å². The van der Waals surface area contributed by atoms with E-state index < -0.39 is 5.97 Å². The summed E-state index contributed by atoms with van der Waals surface area (Å²) in [5, 5.41) is 8.32. The Balaban J connectivity index is 0.000000640. The maximum Gasteiger partial charge on any atom is 0.308 e. The fourth-order valence-electron chi connectivity index (χ4n) is 0.832. The predicted octanol–water partition coefficient (Wildman–Crippen LogP) is 0.230. The molecule has 0 aromatic carbocycles. The van der Waals surface area contributed by atoms with Crippen LogP contribution in [0.15, 0.2) is 0 Å². The third-order valence-electron chi connectivity index (χ3n) is 1.65. The van der Waals surface area contributed by atoms with Gasteiger partial charge < -0.3 is 10.8 Å². The van der Waals surface area contributed by atoms with E-state index in [0.717, 1.165) is 12.8 Å². The van der Waals surface area contributed by atoms with E-state index in [4.69, 9.17) is 10.8 Å². The van der Waals surface area contributed by atoms with E-state index in [9.17, 15) is 4.79 Å². The largest absolute Gasteiger partial charge is 0.481 e. The van der Waals surface area contributed by atoms with Crippen LogP contribution in [0.1, 0.15) is 12.8 Å². The van der Waals surface area contributed by atoms with Gasteiger partial charge in [0, 0.05) is 6.04 Å². The van der Waals surface area contributed by atoms with Gasteiger partial charge in [-0.2, -0.15) is 0 Å². The smallest absolute Gasteiger partial charge is 0.308 e. The molecule has 0 radical (unpaired) electrons. The molecule has 0 amide bonds. The van der Waals surface area contributed by atoms with Crippen LogP contribution >= 0.6 is 12.4 Å². The average Bonchev–Trinajstić information content (AvgIpc) is 1.61. The first-order valence-corrected chi connectivity index (χ1v) is 2.70. The summed E-state index contributed by atoms with van der Waals surface area (Å²) < 4.78 is 0. The van der Waals surface area contributed by atoms with Gasteiger partial charge >= 0.3 is 5.97 Å². The van der Waals surface area contributed by atoms with Crippen LogP contribution in [0.3, 0.4) is 0 Å². The molecule has 3 N–H and O–H groups in total. The van der Waals surface area contributed by atoms with Gasteiger partial charge in [0.2, 0.25) is 0 Å². The lowest BCUT2D eigenvalue weighted by atomic mass is 9.80. The van der Waals surface area contributed by atoms with Gasteiger partial charge in [0.25, 0.3) is 0 Å². The maximum atomic E-state index is 10.1. The monoisotopic (exact) mass is 151 g/mol. The second-order valence-corrected chi connectivity index (χ2v) is 2.19. The van der Waals surface area contributed by atoms with Crippen LogP contribution in [-0.4, -0.2) is 17.1 Å². The summed E-state index contributed by atoms with van der Waals surface area (Å²) in [5.74, 6) is -1.00. The molecule has 0 unspecified atom stereocenters. The number of carboxylic acids is 1. The standard InChI is InChI=1S/C5H9NO2.ClH/c6-4-2-1-3(4)5(7)8;/h3-4H,1-2,6H2,(H,7,8);1H/t3-,4+;/m1./s1. The highest BCUT2D eigenvalue weighted by atomic mass is 35.5. The fourth-order valence-corrected chi connectivity index (χ4v) is 0.832.